The normalized spacial score (nSPS) is 10.5. The Balaban J connectivity index is 2.95. The fourth-order valence-corrected chi connectivity index (χ4v) is 0.890. The van der Waals surface area contributed by atoms with Gasteiger partial charge in [-0.15, -0.1) is 0 Å². The number of aromatic nitrogens is 3. The molecule has 1 aromatic carbocycles. The monoisotopic (exact) mass is 131 g/mol. The summed E-state index contributed by atoms with van der Waals surface area (Å²) in [4.78, 5) is 0. The van der Waals surface area contributed by atoms with Crippen LogP contribution in [-0.2, 0) is 0 Å². The number of nitrogens with one attached hydrogen (secondary N) is 1. The van der Waals surface area contributed by atoms with Crippen molar-refractivity contribution in [2.24, 2.45) is 0 Å². The molecule has 0 unspecified atom stereocenters. The van der Waals surface area contributed by atoms with Gasteiger partial charge in [-0.05, 0) is 11.6 Å². The maximum absolute atomic E-state index is 5.58. The highest BCUT2D eigenvalue weighted by Gasteiger charge is 1.97. The Hall–Kier alpha value is -1.38. The molecular formula is C7H5N3. The number of benzene rings is 1. The molecule has 0 aliphatic carbocycles. The van der Waals surface area contributed by atoms with Crippen molar-refractivity contribution in [3.8, 4) is 0 Å². The second kappa shape index (κ2) is 1.80. The van der Waals surface area contributed by atoms with E-state index in [1.54, 1.807) is 6.07 Å². The molecule has 0 spiro atoms. The van der Waals surface area contributed by atoms with Crippen molar-refractivity contribution in [1.29, 1.82) is 0 Å². The topological polar surface area (TPSA) is 41.6 Å². The summed E-state index contributed by atoms with van der Waals surface area (Å²) in [5.41, 5.74) is 2.20. The van der Waals surface area contributed by atoms with Gasteiger partial charge in [0.05, 0.1) is 0 Å². The van der Waals surface area contributed by atoms with Crippen LogP contribution in [0.4, 0.5) is 0 Å². The molecule has 10 heavy (non-hydrogen) atoms. The van der Waals surface area contributed by atoms with Crippen LogP contribution in [0, 0.1) is 6.92 Å². The first kappa shape index (κ1) is 5.41. The molecule has 1 heterocycles. The number of para-hydroxylation sites is 1. The summed E-state index contributed by atoms with van der Waals surface area (Å²) in [5.74, 6) is 0. The molecule has 0 atom stereocenters. The zero-order valence-corrected chi connectivity index (χ0v) is 5.20. The fraction of sp³-hybridized carbons (Fsp3) is 0. The van der Waals surface area contributed by atoms with Crippen LogP contribution in [0.2, 0.25) is 0 Å². The van der Waals surface area contributed by atoms with Gasteiger partial charge in [-0.25, -0.2) is 0 Å². The lowest BCUT2D eigenvalue weighted by molar-refractivity contribution is 0.959. The van der Waals surface area contributed by atoms with Crippen LogP contribution in [0.5, 0.6) is 0 Å². The van der Waals surface area contributed by atoms with Gasteiger partial charge in [-0.2, -0.15) is 15.4 Å². The van der Waals surface area contributed by atoms with E-state index >= 15 is 0 Å². The van der Waals surface area contributed by atoms with E-state index in [1.807, 2.05) is 12.1 Å². The Morgan fingerprint density at radius 3 is 3.00 bits per heavy atom. The molecular weight excluding hydrogens is 126 g/mol. The van der Waals surface area contributed by atoms with E-state index in [0.717, 1.165) is 11.0 Å². The number of hydrogen-bond donors (Lipinski definition) is 1. The van der Waals surface area contributed by atoms with Crippen LogP contribution in [-0.4, -0.2) is 15.4 Å². The first-order valence-electron chi connectivity index (χ1n) is 2.93. The molecule has 48 valence electrons. The van der Waals surface area contributed by atoms with Crippen molar-refractivity contribution in [3.63, 3.8) is 0 Å². The summed E-state index contributed by atoms with van der Waals surface area (Å²) in [6, 6.07) is 5.50. The molecule has 1 aromatic heterocycles. The number of fused-ring (bicyclic) bond motifs is 1. The molecule has 0 saturated carbocycles. The van der Waals surface area contributed by atoms with Crippen LogP contribution >= 0.6 is 0 Å². The van der Waals surface area contributed by atoms with Gasteiger partial charge in [0, 0.05) is 6.92 Å². The minimum absolute atomic E-state index is 0.659. The van der Waals surface area contributed by atoms with Gasteiger partial charge in [0.15, 0.2) is 0 Å². The third kappa shape index (κ3) is 0.603. The fourth-order valence-electron chi connectivity index (χ4n) is 0.890. The second-order valence-corrected chi connectivity index (χ2v) is 2.04. The molecule has 0 fully saturated rings. The molecule has 0 aliphatic heterocycles. The number of nitrogens with zero attached hydrogens (tertiary/aromatic N) is 2. The van der Waals surface area contributed by atoms with E-state index in [2.05, 4.69) is 15.4 Å². The standard InChI is InChI=1S/C7H5N3/c1-5-3-2-4-6-7(5)9-10-8-6/h1-4H,(H,8,9,10). The van der Waals surface area contributed by atoms with Crippen LogP contribution in [0.25, 0.3) is 11.0 Å². The second-order valence-electron chi connectivity index (χ2n) is 2.04. The predicted octanol–water partition coefficient (Wildman–Crippen LogP) is 1.02. The quantitative estimate of drug-likeness (QED) is 0.579. The summed E-state index contributed by atoms with van der Waals surface area (Å²) < 4.78 is 0. The Labute approximate surface area is 58.1 Å². The zero-order chi connectivity index (χ0) is 6.97. The van der Waals surface area contributed by atoms with Crippen LogP contribution in [0.1, 0.15) is 5.56 Å². The average Bonchev–Trinajstić information content (AvgIpc) is 2.36. The summed E-state index contributed by atoms with van der Waals surface area (Å²) >= 11 is 0. The SMILES string of the molecule is [CH]c1cccc2n[nH]nc12. The van der Waals surface area contributed by atoms with E-state index in [1.165, 1.54) is 0 Å². The van der Waals surface area contributed by atoms with Crippen molar-refractivity contribution in [2.75, 3.05) is 0 Å². The van der Waals surface area contributed by atoms with Gasteiger partial charge in [0.25, 0.3) is 0 Å². The molecule has 0 saturated heterocycles. The molecule has 1 N–H and O–H groups in total. The maximum Gasteiger partial charge on any atom is 0.116 e. The van der Waals surface area contributed by atoms with Crippen molar-refractivity contribution in [3.05, 3.63) is 30.7 Å². The summed E-state index contributed by atoms with van der Waals surface area (Å²) in [6.07, 6.45) is 0. The highest BCUT2D eigenvalue weighted by Crippen LogP contribution is 2.10. The van der Waals surface area contributed by atoms with Gasteiger partial charge in [0.2, 0.25) is 0 Å². The van der Waals surface area contributed by atoms with E-state index in [4.69, 9.17) is 6.92 Å². The molecule has 2 rings (SSSR count). The van der Waals surface area contributed by atoms with Crippen molar-refractivity contribution < 1.29 is 0 Å². The Morgan fingerprint density at radius 2 is 2.20 bits per heavy atom. The average molecular weight is 131 g/mol. The van der Waals surface area contributed by atoms with Crippen molar-refractivity contribution >= 4 is 11.0 Å². The zero-order valence-electron chi connectivity index (χ0n) is 5.20. The Bertz CT molecular complexity index is 350. The molecule has 0 amide bonds. The van der Waals surface area contributed by atoms with Crippen LogP contribution in [0.3, 0.4) is 0 Å². The minimum atomic E-state index is 0.659. The molecule has 2 aromatic rings. The Kier molecular flexibility index (Phi) is 0.974. The van der Waals surface area contributed by atoms with E-state index in [-0.39, 0.29) is 0 Å². The molecule has 3 heteroatoms. The Morgan fingerprint density at radius 1 is 1.30 bits per heavy atom. The summed E-state index contributed by atoms with van der Waals surface area (Å²) in [7, 11) is 0. The highest BCUT2D eigenvalue weighted by atomic mass is 15.3. The first-order valence-corrected chi connectivity index (χ1v) is 2.93. The minimum Gasteiger partial charge on any atom is -0.197 e. The van der Waals surface area contributed by atoms with Gasteiger partial charge in [-0.1, -0.05) is 12.1 Å². The number of rotatable bonds is 0. The van der Waals surface area contributed by atoms with Gasteiger partial charge >= 0.3 is 0 Å². The molecule has 0 bridgehead atoms. The van der Waals surface area contributed by atoms with Gasteiger partial charge in [0.1, 0.15) is 11.0 Å². The third-order valence-electron chi connectivity index (χ3n) is 1.38. The lowest BCUT2D eigenvalue weighted by Gasteiger charge is -1.87. The first-order chi connectivity index (χ1) is 4.88. The third-order valence-corrected chi connectivity index (χ3v) is 1.38. The summed E-state index contributed by atoms with van der Waals surface area (Å²) in [6.45, 7) is 5.58. The number of H-pyrrole nitrogens is 1. The maximum atomic E-state index is 5.58. The van der Waals surface area contributed by atoms with Crippen molar-refractivity contribution in [2.45, 2.75) is 0 Å². The molecule has 2 radical (unpaired) electrons. The largest absolute Gasteiger partial charge is 0.197 e. The van der Waals surface area contributed by atoms with Crippen LogP contribution in [0.15, 0.2) is 18.2 Å². The molecule has 0 aliphatic rings. The van der Waals surface area contributed by atoms with Gasteiger partial charge < -0.3 is 0 Å². The van der Waals surface area contributed by atoms with Crippen LogP contribution < -0.4 is 0 Å². The smallest absolute Gasteiger partial charge is 0.116 e. The van der Waals surface area contributed by atoms with E-state index < -0.39 is 0 Å². The highest BCUT2D eigenvalue weighted by molar-refractivity contribution is 5.77. The van der Waals surface area contributed by atoms with E-state index in [9.17, 15) is 0 Å². The lowest BCUT2D eigenvalue weighted by atomic mass is 10.2. The van der Waals surface area contributed by atoms with Crippen molar-refractivity contribution in [1.82, 2.24) is 15.4 Å². The number of aromatic amines is 1. The lowest BCUT2D eigenvalue weighted by Crippen LogP contribution is -1.73. The predicted molar refractivity (Wildman–Crippen MR) is 37.3 cm³/mol. The summed E-state index contributed by atoms with van der Waals surface area (Å²) in [5, 5.41) is 10.2. The number of hydrogen-bond acceptors (Lipinski definition) is 2. The van der Waals surface area contributed by atoms with E-state index in [0.29, 0.717) is 5.56 Å². The molecule has 3 nitrogen and oxygen atoms in total. The van der Waals surface area contributed by atoms with Gasteiger partial charge in [-0.3, -0.25) is 0 Å².